The molecule has 0 spiro atoms. The molecule has 0 atom stereocenters. The lowest BCUT2D eigenvalue weighted by atomic mass is 10.2. The highest BCUT2D eigenvalue weighted by Crippen LogP contribution is 2.24. The molecule has 0 aliphatic carbocycles. The summed E-state index contributed by atoms with van der Waals surface area (Å²) in [5.74, 6) is -0.792. The Morgan fingerprint density at radius 2 is 1.93 bits per heavy atom. The van der Waals surface area contributed by atoms with Crippen LogP contribution in [0.2, 0.25) is 0 Å². The van der Waals surface area contributed by atoms with Crippen LogP contribution in [0.4, 0.5) is 0 Å². The number of fused-ring (bicyclic) bond motifs is 1. The van der Waals surface area contributed by atoms with Crippen LogP contribution in [-0.4, -0.2) is 21.4 Å². The first kappa shape index (κ1) is 17.9. The summed E-state index contributed by atoms with van der Waals surface area (Å²) in [6.07, 6.45) is 4.61. The fourth-order valence-electron chi connectivity index (χ4n) is 2.70. The molecule has 0 aliphatic rings. The zero-order chi connectivity index (χ0) is 19.4. The van der Waals surface area contributed by atoms with Crippen LogP contribution in [0, 0.1) is 18.3 Å². The predicted molar refractivity (Wildman–Crippen MR) is 102 cm³/mol. The first-order valence-electron chi connectivity index (χ1n) is 8.21. The Kier molecular flexibility index (Phi) is 4.99. The third kappa shape index (κ3) is 4.02. The molecule has 2 aromatic heterocycles. The van der Waals surface area contributed by atoms with E-state index in [0.717, 1.165) is 28.0 Å². The Morgan fingerprint density at radius 3 is 2.59 bits per heavy atom. The maximum absolute atomic E-state index is 11.7. The van der Waals surface area contributed by atoms with Crippen LogP contribution < -0.4 is 10.9 Å². The zero-order valence-corrected chi connectivity index (χ0v) is 14.9. The van der Waals surface area contributed by atoms with Crippen LogP contribution in [0.3, 0.4) is 0 Å². The van der Waals surface area contributed by atoms with Gasteiger partial charge in [-0.25, -0.2) is 0 Å². The molecule has 3 aromatic rings. The number of rotatable bonds is 3. The minimum absolute atomic E-state index is 0.351. The SMILES string of the molecule is CC(=O)NNC(=O)/C=C/c1cnc2cc(C)n(-c3ccc(C#N)cc3)c2c1. The van der Waals surface area contributed by atoms with Gasteiger partial charge in [-0.3, -0.25) is 25.4 Å². The fourth-order valence-corrected chi connectivity index (χ4v) is 2.70. The van der Waals surface area contributed by atoms with E-state index >= 15 is 0 Å². The average molecular weight is 359 g/mol. The molecule has 7 heteroatoms. The minimum atomic E-state index is -0.441. The number of hydrazine groups is 1. The van der Waals surface area contributed by atoms with Gasteiger partial charge in [-0.2, -0.15) is 5.26 Å². The molecule has 1 aromatic carbocycles. The fraction of sp³-hybridized carbons (Fsp3) is 0.100. The molecule has 3 rings (SSSR count). The van der Waals surface area contributed by atoms with Gasteiger partial charge in [0.25, 0.3) is 5.91 Å². The van der Waals surface area contributed by atoms with Gasteiger partial charge in [0.1, 0.15) is 0 Å². The number of nitrogens with zero attached hydrogens (tertiary/aromatic N) is 3. The summed E-state index contributed by atoms with van der Waals surface area (Å²) in [4.78, 5) is 26.9. The summed E-state index contributed by atoms with van der Waals surface area (Å²) < 4.78 is 2.04. The molecule has 7 nitrogen and oxygen atoms in total. The van der Waals surface area contributed by atoms with Crippen molar-refractivity contribution in [3.8, 4) is 11.8 Å². The third-order valence-corrected chi connectivity index (χ3v) is 3.90. The molecule has 0 fully saturated rings. The molecule has 0 radical (unpaired) electrons. The van der Waals surface area contributed by atoms with Gasteiger partial charge < -0.3 is 4.57 Å². The average Bonchev–Trinajstić information content (AvgIpc) is 2.99. The molecule has 27 heavy (non-hydrogen) atoms. The van der Waals surface area contributed by atoms with Gasteiger partial charge in [0.05, 0.1) is 22.7 Å². The number of pyridine rings is 1. The topological polar surface area (TPSA) is 99.8 Å². The number of carbonyl (C=O) groups is 2. The lowest BCUT2D eigenvalue weighted by Crippen LogP contribution is -2.39. The van der Waals surface area contributed by atoms with Crippen molar-refractivity contribution in [3.05, 3.63) is 65.5 Å². The molecular formula is C20H17N5O2. The van der Waals surface area contributed by atoms with Crippen molar-refractivity contribution in [2.45, 2.75) is 13.8 Å². The van der Waals surface area contributed by atoms with Crippen molar-refractivity contribution in [2.75, 3.05) is 0 Å². The molecule has 0 unspecified atom stereocenters. The quantitative estimate of drug-likeness (QED) is 0.554. The second-order valence-corrected chi connectivity index (χ2v) is 5.96. The van der Waals surface area contributed by atoms with Crippen LogP contribution in [0.25, 0.3) is 22.8 Å². The molecule has 0 bridgehead atoms. The Bertz CT molecular complexity index is 1090. The summed E-state index contributed by atoms with van der Waals surface area (Å²) in [5.41, 5.74) is 9.48. The van der Waals surface area contributed by atoms with E-state index in [4.69, 9.17) is 5.26 Å². The molecular weight excluding hydrogens is 342 g/mol. The maximum Gasteiger partial charge on any atom is 0.262 e. The van der Waals surface area contributed by atoms with Gasteiger partial charge in [0, 0.05) is 30.6 Å². The maximum atomic E-state index is 11.7. The van der Waals surface area contributed by atoms with E-state index in [1.165, 1.54) is 13.0 Å². The third-order valence-electron chi connectivity index (χ3n) is 3.90. The zero-order valence-electron chi connectivity index (χ0n) is 14.9. The summed E-state index contributed by atoms with van der Waals surface area (Å²) in [5, 5.41) is 8.96. The van der Waals surface area contributed by atoms with Crippen molar-refractivity contribution >= 4 is 28.9 Å². The number of carbonyl (C=O) groups excluding carboxylic acids is 2. The normalized spacial score (nSPS) is 10.7. The van der Waals surface area contributed by atoms with Crippen LogP contribution >= 0.6 is 0 Å². The van der Waals surface area contributed by atoms with Gasteiger partial charge >= 0.3 is 0 Å². The Balaban J connectivity index is 1.93. The van der Waals surface area contributed by atoms with E-state index in [2.05, 4.69) is 21.9 Å². The van der Waals surface area contributed by atoms with Gasteiger partial charge in [-0.1, -0.05) is 0 Å². The summed E-state index contributed by atoms with van der Waals surface area (Å²) >= 11 is 0. The molecule has 0 saturated carbocycles. The van der Waals surface area contributed by atoms with Crippen molar-refractivity contribution in [1.82, 2.24) is 20.4 Å². The smallest absolute Gasteiger partial charge is 0.262 e. The number of amides is 2. The standard InChI is InChI=1S/C20H17N5O2/c1-13-9-18-19(25(13)17-6-3-15(11-21)4-7-17)10-16(12-22-18)5-8-20(27)24-23-14(2)26/h3-10,12H,1-2H3,(H,23,26)(H,24,27)/b8-5+. The molecule has 0 saturated heterocycles. The Morgan fingerprint density at radius 1 is 1.19 bits per heavy atom. The number of hydrogen-bond donors (Lipinski definition) is 2. The van der Waals surface area contributed by atoms with Gasteiger partial charge in [0.2, 0.25) is 5.91 Å². The van der Waals surface area contributed by atoms with Crippen LogP contribution in [0.5, 0.6) is 0 Å². The van der Waals surface area contributed by atoms with Crippen LogP contribution in [-0.2, 0) is 9.59 Å². The second kappa shape index (κ2) is 7.54. The lowest BCUT2D eigenvalue weighted by Gasteiger charge is -2.08. The van der Waals surface area contributed by atoms with Crippen molar-refractivity contribution < 1.29 is 9.59 Å². The van der Waals surface area contributed by atoms with Gasteiger partial charge in [0.15, 0.2) is 0 Å². The minimum Gasteiger partial charge on any atom is -0.312 e. The van der Waals surface area contributed by atoms with E-state index in [1.807, 2.05) is 35.8 Å². The van der Waals surface area contributed by atoms with E-state index in [0.29, 0.717) is 5.56 Å². The first-order chi connectivity index (χ1) is 13.0. The number of nitriles is 1. The van der Waals surface area contributed by atoms with E-state index < -0.39 is 5.91 Å². The molecule has 134 valence electrons. The largest absolute Gasteiger partial charge is 0.312 e. The molecule has 2 heterocycles. The highest BCUT2D eigenvalue weighted by atomic mass is 16.2. The van der Waals surface area contributed by atoms with Crippen molar-refractivity contribution in [1.29, 1.82) is 5.26 Å². The van der Waals surface area contributed by atoms with Crippen molar-refractivity contribution in [3.63, 3.8) is 0 Å². The first-order valence-corrected chi connectivity index (χ1v) is 8.21. The number of aromatic nitrogens is 2. The summed E-state index contributed by atoms with van der Waals surface area (Å²) in [6, 6.07) is 13.3. The number of benzene rings is 1. The van der Waals surface area contributed by atoms with E-state index in [-0.39, 0.29) is 5.91 Å². The summed E-state index contributed by atoms with van der Waals surface area (Å²) in [7, 11) is 0. The lowest BCUT2D eigenvalue weighted by molar-refractivity contribution is -0.125. The van der Waals surface area contributed by atoms with Crippen LogP contribution in [0.15, 0.2) is 48.7 Å². The number of hydrogen-bond acceptors (Lipinski definition) is 4. The summed E-state index contributed by atoms with van der Waals surface area (Å²) in [6.45, 7) is 3.29. The predicted octanol–water partition coefficient (Wildman–Crippen LogP) is 2.39. The van der Waals surface area contributed by atoms with E-state index in [1.54, 1.807) is 24.4 Å². The molecule has 2 N–H and O–H groups in total. The van der Waals surface area contributed by atoms with Crippen LogP contribution in [0.1, 0.15) is 23.7 Å². The van der Waals surface area contributed by atoms with Crippen molar-refractivity contribution in [2.24, 2.45) is 0 Å². The van der Waals surface area contributed by atoms with Gasteiger partial charge in [-0.05, 0) is 55.0 Å². The highest BCUT2D eigenvalue weighted by Gasteiger charge is 2.09. The highest BCUT2D eigenvalue weighted by molar-refractivity contribution is 5.93. The number of nitrogens with one attached hydrogen (secondary N) is 2. The van der Waals surface area contributed by atoms with E-state index in [9.17, 15) is 9.59 Å². The number of aryl methyl sites for hydroxylation is 1. The Labute approximate surface area is 155 Å². The molecule has 2 amide bonds. The Hall–Kier alpha value is -3.92. The molecule has 0 aliphatic heterocycles. The van der Waals surface area contributed by atoms with Gasteiger partial charge in [-0.15, -0.1) is 0 Å². The second-order valence-electron chi connectivity index (χ2n) is 5.96. The monoisotopic (exact) mass is 359 g/mol.